The van der Waals surface area contributed by atoms with Crippen molar-refractivity contribution in [1.82, 2.24) is 0 Å². The maximum Gasteiger partial charge on any atom is 0.0763 e. The summed E-state index contributed by atoms with van der Waals surface area (Å²) in [6, 6.07) is 16.4. The lowest BCUT2D eigenvalue weighted by molar-refractivity contribution is 1.19. The number of alkyl halides is 2. The minimum absolute atomic E-state index is 0.136. The molecule has 0 saturated carbocycles. The largest absolute Gasteiger partial charge is 0.113 e. The highest BCUT2D eigenvalue weighted by Crippen LogP contribution is 2.31. The molecule has 21 heavy (non-hydrogen) atoms. The molecule has 0 aromatic heterocycles. The molecule has 2 aromatic rings. The Kier molecular flexibility index (Phi) is 5.98. The Morgan fingerprint density at radius 2 is 1.05 bits per heavy atom. The van der Waals surface area contributed by atoms with E-state index in [1.165, 1.54) is 9.79 Å². The normalized spacial score (nSPS) is 13.4. The van der Waals surface area contributed by atoms with E-state index in [0.29, 0.717) is 0 Å². The first-order chi connectivity index (χ1) is 10.1. The van der Waals surface area contributed by atoms with Gasteiger partial charge in [0, 0.05) is 9.79 Å². The molecule has 0 amide bonds. The van der Waals surface area contributed by atoms with Crippen LogP contribution in [0.25, 0.3) is 0 Å². The number of allylic oxidation sites excluding steroid dienone is 2. The summed E-state index contributed by atoms with van der Waals surface area (Å²) in [5.74, 6) is 0. The summed E-state index contributed by atoms with van der Waals surface area (Å²) in [4.78, 5) is 2.34. The maximum atomic E-state index is 6.12. The van der Waals surface area contributed by atoms with E-state index >= 15 is 0 Å². The topological polar surface area (TPSA) is 0 Å². The van der Waals surface area contributed by atoms with Crippen LogP contribution in [0.5, 0.6) is 0 Å². The van der Waals surface area contributed by atoms with Crippen molar-refractivity contribution in [3.8, 4) is 0 Å². The average molecular weight is 335 g/mol. The Labute approximate surface area is 140 Å². The molecule has 0 aliphatic rings. The zero-order chi connectivity index (χ0) is 15.2. The standard InChI is InChI=1S/C18H16Cl2S/c1-3-17(19)13-5-9-15(10-6-13)21-16-11-7-14(8-12-16)18(20)4-2/h3-12,17-18H,1-2H2. The summed E-state index contributed by atoms with van der Waals surface area (Å²) in [6.45, 7) is 7.40. The van der Waals surface area contributed by atoms with Gasteiger partial charge < -0.3 is 0 Å². The number of rotatable bonds is 6. The van der Waals surface area contributed by atoms with Crippen molar-refractivity contribution < 1.29 is 0 Å². The molecule has 0 aliphatic heterocycles. The van der Waals surface area contributed by atoms with Crippen molar-refractivity contribution in [3.63, 3.8) is 0 Å². The van der Waals surface area contributed by atoms with E-state index in [4.69, 9.17) is 23.2 Å². The number of hydrogen-bond donors (Lipinski definition) is 0. The Hall–Kier alpha value is -1.15. The number of benzene rings is 2. The van der Waals surface area contributed by atoms with Gasteiger partial charge in [-0.25, -0.2) is 0 Å². The van der Waals surface area contributed by atoms with E-state index in [0.717, 1.165) is 11.1 Å². The van der Waals surface area contributed by atoms with Crippen molar-refractivity contribution in [2.45, 2.75) is 20.5 Å². The predicted octanol–water partition coefficient (Wildman–Crippen LogP) is 6.77. The molecular weight excluding hydrogens is 319 g/mol. The van der Waals surface area contributed by atoms with Crippen LogP contribution >= 0.6 is 35.0 Å². The third kappa shape index (κ3) is 4.41. The fourth-order valence-corrected chi connectivity index (χ4v) is 2.96. The van der Waals surface area contributed by atoms with Crippen molar-refractivity contribution in [3.05, 3.63) is 85.0 Å². The smallest absolute Gasteiger partial charge is 0.0763 e. The highest BCUT2D eigenvalue weighted by molar-refractivity contribution is 7.99. The summed E-state index contributed by atoms with van der Waals surface area (Å²) in [6.07, 6.45) is 3.45. The molecule has 0 nitrogen and oxygen atoms in total. The second-order valence-electron chi connectivity index (χ2n) is 4.52. The molecule has 0 N–H and O–H groups in total. The first-order valence-corrected chi connectivity index (χ1v) is 8.24. The number of hydrogen-bond acceptors (Lipinski definition) is 1. The average Bonchev–Trinajstić information content (AvgIpc) is 2.55. The van der Waals surface area contributed by atoms with Crippen LogP contribution in [0.4, 0.5) is 0 Å². The van der Waals surface area contributed by atoms with Crippen LogP contribution in [0.1, 0.15) is 21.9 Å². The second-order valence-corrected chi connectivity index (χ2v) is 6.60. The van der Waals surface area contributed by atoms with Crippen molar-refractivity contribution >= 4 is 35.0 Å². The minimum atomic E-state index is -0.136. The lowest BCUT2D eigenvalue weighted by atomic mass is 10.1. The van der Waals surface area contributed by atoms with E-state index in [1.54, 1.807) is 23.9 Å². The minimum Gasteiger partial charge on any atom is -0.113 e. The molecule has 108 valence electrons. The molecule has 2 rings (SSSR count). The van der Waals surface area contributed by atoms with E-state index < -0.39 is 0 Å². The van der Waals surface area contributed by atoms with Crippen molar-refractivity contribution in [2.75, 3.05) is 0 Å². The van der Waals surface area contributed by atoms with Gasteiger partial charge in [-0.3, -0.25) is 0 Å². The van der Waals surface area contributed by atoms with Gasteiger partial charge in [0.25, 0.3) is 0 Å². The molecule has 0 bridgehead atoms. The molecule has 2 aromatic carbocycles. The second kappa shape index (κ2) is 7.74. The molecule has 0 heterocycles. The van der Waals surface area contributed by atoms with Crippen LogP contribution in [0.15, 0.2) is 83.6 Å². The van der Waals surface area contributed by atoms with Crippen LogP contribution in [0, 0.1) is 0 Å². The number of halogens is 2. The Bertz CT molecular complexity index is 547. The fraction of sp³-hybridized carbons (Fsp3) is 0.111. The lowest BCUT2D eigenvalue weighted by Gasteiger charge is -2.08. The van der Waals surface area contributed by atoms with Crippen LogP contribution in [-0.2, 0) is 0 Å². The third-order valence-electron chi connectivity index (χ3n) is 3.05. The molecule has 0 fully saturated rings. The van der Waals surface area contributed by atoms with Crippen LogP contribution in [0.3, 0.4) is 0 Å². The SMILES string of the molecule is C=CC(Cl)c1ccc(Sc2ccc(C(Cl)C=C)cc2)cc1. The monoisotopic (exact) mass is 334 g/mol. The van der Waals surface area contributed by atoms with Gasteiger partial charge in [0.1, 0.15) is 0 Å². The summed E-state index contributed by atoms with van der Waals surface area (Å²) in [5, 5.41) is -0.272. The van der Waals surface area contributed by atoms with Gasteiger partial charge in [0.15, 0.2) is 0 Å². The predicted molar refractivity (Wildman–Crippen MR) is 94.6 cm³/mol. The zero-order valence-electron chi connectivity index (χ0n) is 11.5. The first-order valence-electron chi connectivity index (χ1n) is 6.55. The fourth-order valence-electron chi connectivity index (χ4n) is 1.85. The quantitative estimate of drug-likeness (QED) is 0.415. The highest BCUT2D eigenvalue weighted by atomic mass is 35.5. The maximum absolute atomic E-state index is 6.12. The molecule has 0 saturated heterocycles. The lowest BCUT2D eigenvalue weighted by Crippen LogP contribution is -1.86. The van der Waals surface area contributed by atoms with E-state index in [9.17, 15) is 0 Å². The van der Waals surface area contributed by atoms with E-state index in [1.807, 2.05) is 24.3 Å². The Morgan fingerprint density at radius 1 is 0.714 bits per heavy atom. The van der Waals surface area contributed by atoms with Crippen LogP contribution in [0.2, 0.25) is 0 Å². The first kappa shape index (κ1) is 16.2. The van der Waals surface area contributed by atoms with E-state index in [-0.39, 0.29) is 10.8 Å². The summed E-state index contributed by atoms with van der Waals surface area (Å²) >= 11 is 13.9. The Morgan fingerprint density at radius 3 is 1.33 bits per heavy atom. The summed E-state index contributed by atoms with van der Waals surface area (Å²) < 4.78 is 0. The molecule has 0 spiro atoms. The van der Waals surface area contributed by atoms with Crippen LogP contribution in [-0.4, -0.2) is 0 Å². The molecule has 2 atom stereocenters. The van der Waals surface area contributed by atoms with Gasteiger partial charge in [-0.05, 0) is 35.4 Å². The zero-order valence-corrected chi connectivity index (χ0v) is 13.8. The van der Waals surface area contributed by atoms with Gasteiger partial charge >= 0.3 is 0 Å². The van der Waals surface area contributed by atoms with Crippen molar-refractivity contribution in [1.29, 1.82) is 0 Å². The van der Waals surface area contributed by atoms with Gasteiger partial charge in [-0.2, -0.15) is 0 Å². The third-order valence-corrected chi connectivity index (χ3v) is 4.92. The molecule has 2 unspecified atom stereocenters. The van der Waals surface area contributed by atoms with Gasteiger partial charge in [0.05, 0.1) is 10.8 Å². The van der Waals surface area contributed by atoms with E-state index in [2.05, 4.69) is 37.4 Å². The van der Waals surface area contributed by atoms with Gasteiger partial charge in [0.2, 0.25) is 0 Å². The Balaban J connectivity index is 2.07. The molecule has 0 radical (unpaired) electrons. The van der Waals surface area contributed by atoms with Gasteiger partial charge in [-0.1, -0.05) is 48.2 Å². The summed E-state index contributed by atoms with van der Waals surface area (Å²) in [7, 11) is 0. The summed E-state index contributed by atoms with van der Waals surface area (Å²) in [5.41, 5.74) is 2.12. The van der Waals surface area contributed by atoms with Crippen LogP contribution < -0.4 is 0 Å². The van der Waals surface area contributed by atoms with Gasteiger partial charge in [-0.15, -0.1) is 36.4 Å². The highest BCUT2D eigenvalue weighted by Gasteiger charge is 2.05. The molecule has 3 heteroatoms. The molecule has 0 aliphatic carbocycles. The van der Waals surface area contributed by atoms with Crippen molar-refractivity contribution in [2.24, 2.45) is 0 Å². The molecular formula is C18H16Cl2S.